The molecule has 0 saturated heterocycles. The molecule has 0 spiro atoms. The van der Waals surface area contributed by atoms with Crippen LogP contribution in [0.25, 0.3) is 0 Å². The van der Waals surface area contributed by atoms with Crippen molar-refractivity contribution in [2.75, 3.05) is 26.2 Å². The number of rotatable bonds is 4. The second-order valence-corrected chi connectivity index (χ2v) is 6.44. The molecule has 0 saturated carbocycles. The molecular formula is C10H20Cl2CuN2S4. The standard InChI is InChI=1S/C10H20N2S4.2ClH.Cu/c1-5-11(6-2)9(13)15-16-10(14)12(7-3)8-4;;;/h5-8H2,1-4H3;2*1H;/q;;;+2/p-2. The maximum absolute atomic E-state index is 5.34. The van der Waals surface area contributed by atoms with Gasteiger partial charge in [-0.25, -0.2) is 0 Å². The van der Waals surface area contributed by atoms with Gasteiger partial charge in [0.05, 0.1) is 0 Å². The quantitative estimate of drug-likeness (QED) is 0.277. The van der Waals surface area contributed by atoms with E-state index in [1.165, 1.54) is 0 Å². The molecule has 0 fully saturated rings. The molecule has 0 amide bonds. The van der Waals surface area contributed by atoms with Crippen LogP contribution in [-0.2, 0) is 17.1 Å². The summed E-state index contributed by atoms with van der Waals surface area (Å²) in [6.07, 6.45) is 0. The van der Waals surface area contributed by atoms with Crippen LogP contribution in [0.1, 0.15) is 27.7 Å². The van der Waals surface area contributed by atoms with E-state index in [-0.39, 0.29) is 41.9 Å². The Hall–Kier alpha value is 1.58. The van der Waals surface area contributed by atoms with E-state index < -0.39 is 0 Å². The Labute approximate surface area is 159 Å². The first-order valence-electron chi connectivity index (χ1n) is 5.52. The van der Waals surface area contributed by atoms with Crippen LogP contribution < -0.4 is 24.8 Å². The average Bonchev–Trinajstić information content (AvgIpc) is 2.29. The Morgan fingerprint density at radius 2 is 0.947 bits per heavy atom. The molecule has 0 aliphatic rings. The van der Waals surface area contributed by atoms with Gasteiger partial charge in [-0.2, -0.15) is 0 Å². The second-order valence-electron chi connectivity index (χ2n) is 3.04. The van der Waals surface area contributed by atoms with Crippen molar-refractivity contribution in [2.45, 2.75) is 27.7 Å². The molecule has 0 aliphatic heterocycles. The van der Waals surface area contributed by atoms with Gasteiger partial charge in [0, 0.05) is 26.2 Å². The normalized spacial score (nSPS) is 8.42. The first-order chi connectivity index (χ1) is 7.60. The zero-order chi connectivity index (χ0) is 12.6. The third kappa shape index (κ3) is 11.9. The third-order valence-corrected chi connectivity index (χ3v) is 5.96. The van der Waals surface area contributed by atoms with Crippen LogP contribution in [0.5, 0.6) is 0 Å². The summed E-state index contributed by atoms with van der Waals surface area (Å²) in [6, 6.07) is 0. The zero-order valence-electron chi connectivity index (χ0n) is 11.4. The molecule has 0 aromatic heterocycles. The maximum atomic E-state index is 5.34. The van der Waals surface area contributed by atoms with Crippen molar-refractivity contribution >= 4 is 54.7 Å². The van der Waals surface area contributed by atoms with Crippen molar-refractivity contribution in [3.63, 3.8) is 0 Å². The topological polar surface area (TPSA) is 6.48 Å². The predicted octanol–water partition coefficient (Wildman–Crippen LogP) is -2.37. The van der Waals surface area contributed by atoms with Crippen molar-refractivity contribution in [1.82, 2.24) is 9.80 Å². The third-order valence-electron chi connectivity index (χ3n) is 2.23. The number of nitrogens with zero attached hydrogens (tertiary/aromatic N) is 2. The van der Waals surface area contributed by atoms with Gasteiger partial charge >= 0.3 is 17.1 Å². The van der Waals surface area contributed by atoms with E-state index in [0.717, 1.165) is 34.8 Å². The summed E-state index contributed by atoms with van der Waals surface area (Å²) in [5, 5.41) is 0. The van der Waals surface area contributed by atoms with E-state index in [9.17, 15) is 0 Å². The largest absolute Gasteiger partial charge is 2.00 e. The van der Waals surface area contributed by atoms with Crippen LogP contribution in [0.3, 0.4) is 0 Å². The van der Waals surface area contributed by atoms with E-state index in [0.29, 0.717) is 0 Å². The first kappa shape index (κ1) is 28.7. The Bertz CT molecular complexity index is 216. The Kier molecular flexibility index (Phi) is 26.6. The predicted molar refractivity (Wildman–Crippen MR) is 86.2 cm³/mol. The molecule has 9 heteroatoms. The molecule has 0 bridgehead atoms. The van der Waals surface area contributed by atoms with Crippen LogP contribution in [0, 0.1) is 0 Å². The number of thiocarbonyl (C=S) groups is 2. The van der Waals surface area contributed by atoms with Gasteiger partial charge in [-0.15, -0.1) is 0 Å². The van der Waals surface area contributed by atoms with E-state index in [1.54, 1.807) is 21.6 Å². The van der Waals surface area contributed by atoms with E-state index >= 15 is 0 Å². The molecule has 0 aromatic carbocycles. The Morgan fingerprint density at radius 3 is 1.11 bits per heavy atom. The summed E-state index contributed by atoms with van der Waals surface area (Å²) < 4.78 is 1.84. The molecule has 0 rings (SSSR count). The van der Waals surface area contributed by atoms with Crippen LogP contribution in [-0.4, -0.2) is 44.6 Å². The molecule has 119 valence electrons. The summed E-state index contributed by atoms with van der Waals surface area (Å²) in [6.45, 7) is 12.3. The van der Waals surface area contributed by atoms with Crippen LogP contribution in [0.15, 0.2) is 0 Å². The van der Waals surface area contributed by atoms with Gasteiger partial charge in [0.15, 0.2) is 0 Å². The maximum Gasteiger partial charge on any atom is 2.00 e. The Balaban J connectivity index is -0.000000375. The van der Waals surface area contributed by atoms with Gasteiger partial charge in [0.25, 0.3) is 0 Å². The Morgan fingerprint density at radius 1 is 0.737 bits per heavy atom. The molecule has 0 atom stereocenters. The minimum absolute atomic E-state index is 0. The average molecular weight is 431 g/mol. The summed E-state index contributed by atoms with van der Waals surface area (Å²) >= 11 is 10.7. The molecule has 2 nitrogen and oxygen atoms in total. The minimum atomic E-state index is 0. The molecule has 0 N–H and O–H groups in total. The van der Waals surface area contributed by atoms with Crippen LogP contribution in [0.4, 0.5) is 0 Å². The van der Waals surface area contributed by atoms with Gasteiger partial charge in [0.2, 0.25) is 0 Å². The first-order valence-corrected chi connectivity index (χ1v) is 8.49. The smallest absolute Gasteiger partial charge is 1.00 e. The summed E-state index contributed by atoms with van der Waals surface area (Å²) in [5.74, 6) is 0. The summed E-state index contributed by atoms with van der Waals surface area (Å²) in [7, 11) is 3.18. The van der Waals surface area contributed by atoms with Gasteiger partial charge in [0.1, 0.15) is 8.64 Å². The van der Waals surface area contributed by atoms with Gasteiger partial charge < -0.3 is 34.6 Å². The number of hydrogen-bond acceptors (Lipinski definition) is 4. The van der Waals surface area contributed by atoms with Crippen molar-refractivity contribution in [3.8, 4) is 0 Å². The SMILES string of the molecule is CCN(CC)C(=S)SSC(=S)N(CC)CC.[Cl-].[Cl-].[Cu+2]. The molecule has 0 heterocycles. The number of halogens is 2. The van der Waals surface area contributed by atoms with Crippen LogP contribution >= 0.6 is 46.0 Å². The molecular weight excluding hydrogens is 411 g/mol. The second kappa shape index (κ2) is 17.6. The van der Waals surface area contributed by atoms with Crippen molar-refractivity contribution in [3.05, 3.63) is 0 Å². The minimum Gasteiger partial charge on any atom is -1.00 e. The fourth-order valence-electron chi connectivity index (χ4n) is 1.14. The van der Waals surface area contributed by atoms with Gasteiger partial charge in [-0.3, -0.25) is 0 Å². The fraction of sp³-hybridized carbons (Fsp3) is 0.800. The summed E-state index contributed by atoms with van der Waals surface area (Å²) in [5.41, 5.74) is 0. The van der Waals surface area contributed by atoms with Gasteiger partial charge in [-0.05, 0) is 49.3 Å². The van der Waals surface area contributed by atoms with Crippen LogP contribution in [0.2, 0.25) is 0 Å². The van der Waals surface area contributed by atoms with Crippen molar-refractivity contribution < 1.29 is 41.9 Å². The van der Waals surface area contributed by atoms with E-state index in [4.69, 9.17) is 24.4 Å². The van der Waals surface area contributed by atoms with E-state index in [2.05, 4.69) is 37.5 Å². The molecule has 1 radical (unpaired) electrons. The molecule has 0 unspecified atom stereocenters. The van der Waals surface area contributed by atoms with Gasteiger partial charge in [-0.1, -0.05) is 24.4 Å². The van der Waals surface area contributed by atoms with Crippen molar-refractivity contribution in [1.29, 1.82) is 0 Å². The molecule has 0 aliphatic carbocycles. The molecule has 19 heavy (non-hydrogen) atoms. The number of hydrogen-bond donors (Lipinski definition) is 0. The zero-order valence-corrected chi connectivity index (χ0v) is 17.1. The van der Waals surface area contributed by atoms with Crippen molar-refractivity contribution in [2.24, 2.45) is 0 Å². The summed E-state index contributed by atoms with van der Waals surface area (Å²) in [4.78, 5) is 4.33. The monoisotopic (exact) mass is 429 g/mol. The molecule has 0 aromatic rings. The van der Waals surface area contributed by atoms with E-state index in [1.807, 2.05) is 0 Å². The fourth-order valence-corrected chi connectivity index (χ4v) is 4.20.